The molecule has 0 unspecified atom stereocenters. The van der Waals surface area contributed by atoms with Crippen LogP contribution in [0.4, 0.5) is 20.3 Å². The van der Waals surface area contributed by atoms with Crippen LogP contribution in [0.3, 0.4) is 0 Å². The van der Waals surface area contributed by atoms with Gasteiger partial charge < -0.3 is 21.1 Å². The second-order valence-electron chi connectivity index (χ2n) is 9.20. The molecule has 5 rings (SSSR count). The van der Waals surface area contributed by atoms with Crippen molar-refractivity contribution >= 4 is 17.4 Å². The number of ether oxygens (including phenoxy) is 1. The summed E-state index contributed by atoms with van der Waals surface area (Å²) in [7, 11) is 1.79. The van der Waals surface area contributed by atoms with Crippen LogP contribution < -0.4 is 21.1 Å². The van der Waals surface area contributed by atoms with Crippen molar-refractivity contribution in [1.29, 1.82) is 0 Å². The van der Waals surface area contributed by atoms with Gasteiger partial charge in [-0.15, -0.1) is 0 Å². The Labute approximate surface area is 202 Å². The van der Waals surface area contributed by atoms with Gasteiger partial charge in [0.2, 0.25) is 0 Å². The van der Waals surface area contributed by atoms with E-state index in [2.05, 4.69) is 20.6 Å². The summed E-state index contributed by atoms with van der Waals surface area (Å²) >= 11 is 0. The molecule has 1 amide bonds. The summed E-state index contributed by atoms with van der Waals surface area (Å²) in [5.74, 6) is -1.36. The first kappa shape index (κ1) is 23.2. The average Bonchev–Trinajstić information content (AvgIpc) is 3.52. The first-order chi connectivity index (χ1) is 16.8. The minimum absolute atomic E-state index is 0.0472. The fourth-order valence-corrected chi connectivity index (χ4v) is 4.93. The summed E-state index contributed by atoms with van der Waals surface area (Å²) in [5.41, 5.74) is 9.18. The molecule has 0 bridgehead atoms. The van der Waals surface area contributed by atoms with Crippen LogP contribution in [0.1, 0.15) is 46.3 Å². The zero-order valence-electron chi connectivity index (χ0n) is 19.7. The Bertz CT molecular complexity index is 1320. The molecular formula is C26H27F2N5O2. The number of likely N-dealkylation sites (N-methyl/N-ethyl adjacent to an activating group) is 1. The number of nitrogens with zero attached hydrogens (tertiary/aromatic N) is 2. The van der Waals surface area contributed by atoms with Crippen molar-refractivity contribution in [3.8, 4) is 17.0 Å². The van der Waals surface area contributed by atoms with Crippen LogP contribution in [-0.2, 0) is 11.8 Å². The standard InChI is InChI=1S/C26H27F2N5O2/c1-14-18(22-23(35-10-9-30-2)24(29)32-13-31-22)11-15(27)12-20(14)33-25(34)17-3-4-19-16(21(17)28)5-6-26(19)7-8-26/h3-4,11-13,30H,5-10H2,1-2H3,(H,33,34)(H2,29,31,32). The Hall–Kier alpha value is -3.59. The Balaban J connectivity index is 1.47. The molecule has 4 N–H and O–H groups in total. The van der Waals surface area contributed by atoms with Crippen LogP contribution in [-0.4, -0.2) is 36.1 Å². The predicted octanol–water partition coefficient (Wildman–Crippen LogP) is 4.14. The van der Waals surface area contributed by atoms with Gasteiger partial charge in [0.1, 0.15) is 30.3 Å². The van der Waals surface area contributed by atoms with Gasteiger partial charge in [0.25, 0.3) is 5.91 Å². The second kappa shape index (κ2) is 8.88. The predicted molar refractivity (Wildman–Crippen MR) is 130 cm³/mol. The van der Waals surface area contributed by atoms with Gasteiger partial charge in [-0.25, -0.2) is 18.7 Å². The number of hydrogen-bond acceptors (Lipinski definition) is 6. The van der Waals surface area contributed by atoms with Gasteiger partial charge in [-0.3, -0.25) is 4.79 Å². The van der Waals surface area contributed by atoms with E-state index in [1.807, 2.05) is 6.07 Å². The number of benzene rings is 2. The van der Waals surface area contributed by atoms with Crippen LogP contribution in [0.2, 0.25) is 0 Å². The average molecular weight is 480 g/mol. The van der Waals surface area contributed by atoms with E-state index in [9.17, 15) is 9.18 Å². The number of amides is 1. The van der Waals surface area contributed by atoms with Crippen molar-refractivity contribution in [2.75, 3.05) is 31.2 Å². The normalized spacial score (nSPS) is 15.2. The number of nitrogens with one attached hydrogen (secondary N) is 2. The molecule has 1 saturated carbocycles. The summed E-state index contributed by atoms with van der Waals surface area (Å²) in [4.78, 5) is 21.3. The highest BCUT2D eigenvalue weighted by Gasteiger charge is 2.49. The number of fused-ring (bicyclic) bond motifs is 2. The molecule has 35 heavy (non-hydrogen) atoms. The quantitative estimate of drug-likeness (QED) is 0.440. The van der Waals surface area contributed by atoms with Crippen molar-refractivity contribution in [3.63, 3.8) is 0 Å². The third kappa shape index (κ3) is 4.10. The third-order valence-corrected chi connectivity index (χ3v) is 7.07. The maximum Gasteiger partial charge on any atom is 0.258 e. The molecule has 2 aliphatic rings. The first-order valence-corrected chi connectivity index (χ1v) is 11.7. The molecule has 9 heteroatoms. The molecule has 1 spiro atoms. The van der Waals surface area contributed by atoms with Gasteiger partial charge in [-0.1, -0.05) is 6.07 Å². The van der Waals surface area contributed by atoms with E-state index in [1.165, 1.54) is 24.5 Å². The molecule has 1 heterocycles. The molecule has 0 saturated heterocycles. The Morgan fingerprint density at radius 1 is 1.20 bits per heavy atom. The van der Waals surface area contributed by atoms with Crippen LogP contribution in [0.15, 0.2) is 30.6 Å². The molecule has 182 valence electrons. The van der Waals surface area contributed by atoms with E-state index in [1.54, 1.807) is 14.0 Å². The summed E-state index contributed by atoms with van der Waals surface area (Å²) in [6.45, 7) is 2.58. The van der Waals surface area contributed by atoms with Crippen LogP contribution in [0, 0.1) is 18.6 Å². The van der Waals surface area contributed by atoms with E-state index in [-0.39, 0.29) is 28.2 Å². The molecular weight excluding hydrogens is 452 g/mol. The van der Waals surface area contributed by atoms with Crippen LogP contribution in [0.25, 0.3) is 11.3 Å². The number of rotatable bonds is 7. The second-order valence-corrected chi connectivity index (χ2v) is 9.20. The summed E-state index contributed by atoms with van der Waals surface area (Å²) in [5, 5.41) is 5.65. The Morgan fingerprint density at radius 2 is 2.00 bits per heavy atom. The third-order valence-electron chi connectivity index (χ3n) is 7.07. The molecule has 1 aromatic heterocycles. The van der Waals surface area contributed by atoms with E-state index in [4.69, 9.17) is 10.5 Å². The lowest BCUT2D eigenvalue weighted by atomic mass is 9.96. The minimum Gasteiger partial charge on any atom is -0.486 e. The number of hydrogen-bond donors (Lipinski definition) is 3. The van der Waals surface area contributed by atoms with E-state index in [0.717, 1.165) is 24.8 Å². The topological polar surface area (TPSA) is 102 Å². The lowest BCUT2D eigenvalue weighted by Gasteiger charge is -2.17. The molecule has 0 aliphatic heterocycles. The Morgan fingerprint density at radius 3 is 2.74 bits per heavy atom. The first-order valence-electron chi connectivity index (χ1n) is 11.7. The number of carbonyl (C=O) groups is 1. The fraction of sp³-hybridized carbons (Fsp3) is 0.346. The zero-order valence-corrected chi connectivity index (χ0v) is 19.7. The maximum atomic E-state index is 15.3. The van der Waals surface area contributed by atoms with Gasteiger partial charge in [0.15, 0.2) is 11.6 Å². The monoisotopic (exact) mass is 479 g/mol. The van der Waals surface area contributed by atoms with E-state index < -0.39 is 17.5 Å². The molecule has 1 fully saturated rings. The number of carbonyl (C=O) groups excluding carboxylic acids is 1. The van der Waals surface area contributed by atoms with Crippen LogP contribution >= 0.6 is 0 Å². The van der Waals surface area contributed by atoms with E-state index >= 15 is 4.39 Å². The Kier molecular flexibility index (Phi) is 5.88. The minimum atomic E-state index is -0.630. The molecule has 7 nitrogen and oxygen atoms in total. The molecule has 0 radical (unpaired) electrons. The van der Waals surface area contributed by atoms with Gasteiger partial charge >= 0.3 is 0 Å². The van der Waals surface area contributed by atoms with Gasteiger partial charge in [-0.2, -0.15) is 0 Å². The maximum absolute atomic E-state index is 15.3. The van der Waals surface area contributed by atoms with E-state index in [0.29, 0.717) is 42.0 Å². The highest BCUT2D eigenvalue weighted by molar-refractivity contribution is 6.05. The number of nitrogen functional groups attached to an aromatic ring is 1. The molecule has 2 aromatic carbocycles. The summed E-state index contributed by atoms with van der Waals surface area (Å²) < 4.78 is 35.7. The SMILES string of the molecule is CNCCOc1c(N)ncnc1-c1cc(F)cc(NC(=O)c2ccc3c(c2F)CCC32CC2)c1C. The van der Waals surface area contributed by atoms with Crippen molar-refractivity contribution in [1.82, 2.24) is 15.3 Å². The lowest BCUT2D eigenvalue weighted by molar-refractivity contribution is 0.102. The van der Waals surface area contributed by atoms with Crippen LogP contribution in [0.5, 0.6) is 5.75 Å². The summed E-state index contributed by atoms with van der Waals surface area (Å²) in [6, 6.07) is 5.90. The van der Waals surface area contributed by atoms with Gasteiger partial charge in [0, 0.05) is 17.8 Å². The highest BCUT2D eigenvalue weighted by atomic mass is 19.1. The molecule has 0 atom stereocenters. The molecule has 2 aliphatic carbocycles. The fourth-order valence-electron chi connectivity index (χ4n) is 4.93. The number of halogens is 2. The number of aromatic nitrogens is 2. The van der Waals surface area contributed by atoms with Crippen molar-refractivity contribution < 1.29 is 18.3 Å². The smallest absolute Gasteiger partial charge is 0.258 e. The molecule has 3 aromatic rings. The van der Waals surface area contributed by atoms with Crippen molar-refractivity contribution in [2.45, 2.75) is 38.0 Å². The van der Waals surface area contributed by atoms with Gasteiger partial charge in [0.05, 0.1) is 5.56 Å². The lowest BCUT2D eigenvalue weighted by Crippen LogP contribution is -2.17. The highest BCUT2D eigenvalue weighted by Crippen LogP contribution is 2.57. The van der Waals surface area contributed by atoms with Crippen molar-refractivity contribution in [2.24, 2.45) is 0 Å². The van der Waals surface area contributed by atoms with Crippen molar-refractivity contribution in [3.05, 3.63) is 64.5 Å². The number of anilines is 2. The largest absolute Gasteiger partial charge is 0.486 e. The zero-order chi connectivity index (χ0) is 24.7. The summed E-state index contributed by atoms with van der Waals surface area (Å²) in [6.07, 6.45) is 4.98. The van der Waals surface area contributed by atoms with Gasteiger partial charge in [-0.05, 0) is 80.0 Å². The number of nitrogens with two attached hydrogens (primary N) is 1.